The number of hydrogen-bond acceptors (Lipinski definition) is 2. The first-order chi connectivity index (χ1) is 8.45. The molecule has 0 aromatic heterocycles. The molecule has 2 heteroatoms. The minimum Gasteiger partial charge on any atom is -0.379 e. The van der Waals surface area contributed by atoms with E-state index in [0.717, 1.165) is 19.5 Å². The molecule has 0 bridgehead atoms. The number of nitrogens with one attached hydrogen (secondary N) is 1. The van der Waals surface area contributed by atoms with Gasteiger partial charge < -0.3 is 10.1 Å². The fourth-order valence-electron chi connectivity index (χ4n) is 2.39. The van der Waals surface area contributed by atoms with Crippen molar-refractivity contribution in [1.82, 2.24) is 5.32 Å². The Kier molecular flexibility index (Phi) is 8.89. The molecule has 110 valence electrons. The Balaban J connectivity index is 4.50. The van der Waals surface area contributed by atoms with Crippen molar-refractivity contribution in [3.05, 3.63) is 0 Å². The summed E-state index contributed by atoms with van der Waals surface area (Å²) in [5.74, 6) is 0. The minimum absolute atomic E-state index is 0.0127. The van der Waals surface area contributed by atoms with Gasteiger partial charge in [0.25, 0.3) is 0 Å². The third kappa shape index (κ3) is 6.75. The van der Waals surface area contributed by atoms with E-state index in [2.05, 4.69) is 39.9 Å². The monoisotopic (exact) mass is 257 g/mol. The van der Waals surface area contributed by atoms with Crippen molar-refractivity contribution in [2.24, 2.45) is 5.41 Å². The first kappa shape index (κ1) is 17.9. The predicted octanol–water partition coefficient (Wildman–Crippen LogP) is 4.39. The maximum atomic E-state index is 5.57. The molecule has 1 unspecified atom stereocenters. The highest BCUT2D eigenvalue weighted by Gasteiger charge is 2.30. The van der Waals surface area contributed by atoms with Crippen LogP contribution in [-0.4, -0.2) is 25.8 Å². The zero-order valence-electron chi connectivity index (χ0n) is 13.6. The van der Waals surface area contributed by atoms with Crippen LogP contribution in [-0.2, 0) is 4.74 Å². The van der Waals surface area contributed by atoms with E-state index in [-0.39, 0.29) is 5.60 Å². The highest BCUT2D eigenvalue weighted by Crippen LogP contribution is 2.36. The van der Waals surface area contributed by atoms with Crippen molar-refractivity contribution in [3.63, 3.8) is 0 Å². The summed E-state index contributed by atoms with van der Waals surface area (Å²) in [5.41, 5.74) is 0.473. The molecule has 0 saturated heterocycles. The van der Waals surface area contributed by atoms with E-state index in [9.17, 15) is 0 Å². The van der Waals surface area contributed by atoms with E-state index in [1.165, 1.54) is 32.1 Å². The molecule has 0 aromatic rings. The lowest BCUT2D eigenvalue weighted by molar-refractivity contribution is 0.00171. The molecular formula is C16H35NO. The highest BCUT2D eigenvalue weighted by molar-refractivity contribution is 4.83. The maximum absolute atomic E-state index is 5.57. The van der Waals surface area contributed by atoms with E-state index in [0.29, 0.717) is 5.41 Å². The third-order valence-electron chi connectivity index (χ3n) is 4.37. The topological polar surface area (TPSA) is 21.3 Å². The maximum Gasteiger partial charge on any atom is 0.0623 e. The molecule has 0 aliphatic heterocycles. The zero-order chi connectivity index (χ0) is 14.1. The van der Waals surface area contributed by atoms with Crippen molar-refractivity contribution in [3.8, 4) is 0 Å². The Hall–Kier alpha value is -0.0800. The van der Waals surface area contributed by atoms with E-state index in [1.54, 1.807) is 0 Å². The molecule has 1 N–H and O–H groups in total. The molecule has 2 nitrogen and oxygen atoms in total. The Bertz CT molecular complexity index is 193. The summed E-state index contributed by atoms with van der Waals surface area (Å²) in [6, 6.07) is 0. The molecule has 0 aromatic carbocycles. The van der Waals surface area contributed by atoms with Crippen molar-refractivity contribution in [1.29, 1.82) is 0 Å². The van der Waals surface area contributed by atoms with Crippen LogP contribution in [0.2, 0.25) is 0 Å². The van der Waals surface area contributed by atoms with Gasteiger partial charge in [0.05, 0.1) is 5.60 Å². The number of rotatable bonds is 11. The number of unbranched alkanes of at least 4 members (excludes halogenated alkanes) is 1. The number of hydrogen-bond donors (Lipinski definition) is 1. The Morgan fingerprint density at radius 1 is 1.00 bits per heavy atom. The van der Waals surface area contributed by atoms with Crippen molar-refractivity contribution < 1.29 is 4.74 Å². The summed E-state index contributed by atoms with van der Waals surface area (Å²) in [5, 5.41) is 3.56. The zero-order valence-corrected chi connectivity index (χ0v) is 13.6. The van der Waals surface area contributed by atoms with Crippen molar-refractivity contribution >= 4 is 0 Å². The third-order valence-corrected chi connectivity index (χ3v) is 4.37. The van der Waals surface area contributed by atoms with E-state index in [4.69, 9.17) is 4.74 Å². The lowest BCUT2D eigenvalue weighted by Crippen LogP contribution is -2.36. The Morgan fingerprint density at radius 3 is 2.11 bits per heavy atom. The second-order valence-electron chi connectivity index (χ2n) is 6.20. The molecule has 0 aliphatic rings. The van der Waals surface area contributed by atoms with Crippen LogP contribution in [0, 0.1) is 5.41 Å². The smallest absolute Gasteiger partial charge is 0.0623 e. The fraction of sp³-hybridized carbons (Fsp3) is 1.00. The molecule has 0 rings (SSSR count). The van der Waals surface area contributed by atoms with Gasteiger partial charge in [0.2, 0.25) is 0 Å². The van der Waals surface area contributed by atoms with Crippen molar-refractivity contribution in [2.45, 2.75) is 78.7 Å². The summed E-state index contributed by atoms with van der Waals surface area (Å²) in [4.78, 5) is 0. The number of ether oxygens (including phenoxy) is 1. The number of methoxy groups -OCH3 is 1. The molecule has 0 saturated carbocycles. The Labute approximate surface area is 115 Å². The average molecular weight is 257 g/mol. The summed E-state index contributed by atoms with van der Waals surface area (Å²) in [6.07, 6.45) is 7.64. The summed E-state index contributed by atoms with van der Waals surface area (Å²) in [6.45, 7) is 13.4. The second-order valence-corrected chi connectivity index (χ2v) is 6.20. The van der Waals surface area contributed by atoms with Crippen LogP contribution in [0.5, 0.6) is 0 Å². The molecule has 0 aliphatic carbocycles. The van der Waals surface area contributed by atoms with Gasteiger partial charge >= 0.3 is 0 Å². The molecule has 1 atom stereocenters. The van der Waals surface area contributed by atoms with Gasteiger partial charge in [-0.05, 0) is 51.5 Å². The van der Waals surface area contributed by atoms with Gasteiger partial charge in [0.1, 0.15) is 0 Å². The molecule has 0 fully saturated rings. The summed E-state index contributed by atoms with van der Waals surface area (Å²) >= 11 is 0. The normalized spacial score (nSPS) is 15.7. The van der Waals surface area contributed by atoms with Crippen LogP contribution in [0.1, 0.15) is 73.1 Å². The Morgan fingerprint density at radius 2 is 1.67 bits per heavy atom. The average Bonchev–Trinajstić information content (AvgIpc) is 2.38. The first-order valence-corrected chi connectivity index (χ1v) is 7.71. The van der Waals surface area contributed by atoms with E-state index < -0.39 is 0 Å². The van der Waals surface area contributed by atoms with Gasteiger partial charge in [-0.1, -0.05) is 33.6 Å². The molecular weight excluding hydrogens is 222 g/mol. The minimum atomic E-state index is 0.0127. The van der Waals surface area contributed by atoms with Crippen LogP contribution in [0.15, 0.2) is 0 Å². The predicted molar refractivity (Wildman–Crippen MR) is 81.1 cm³/mol. The standard InChI is InChI=1S/C16H35NO/c1-7-10-11-16(8-2,14-17-9-3)13-12-15(4,5)18-6/h17H,7-14H2,1-6H3. The van der Waals surface area contributed by atoms with Crippen LogP contribution >= 0.6 is 0 Å². The van der Waals surface area contributed by atoms with E-state index >= 15 is 0 Å². The van der Waals surface area contributed by atoms with Gasteiger partial charge in [-0.2, -0.15) is 0 Å². The van der Waals surface area contributed by atoms with Crippen LogP contribution < -0.4 is 5.32 Å². The molecule has 0 amide bonds. The molecule has 0 spiro atoms. The summed E-state index contributed by atoms with van der Waals surface area (Å²) in [7, 11) is 1.82. The van der Waals surface area contributed by atoms with Gasteiger partial charge in [-0.25, -0.2) is 0 Å². The van der Waals surface area contributed by atoms with Crippen LogP contribution in [0.4, 0.5) is 0 Å². The highest BCUT2D eigenvalue weighted by atomic mass is 16.5. The molecule has 0 heterocycles. The van der Waals surface area contributed by atoms with Gasteiger partial charge in [0.15, 0.2) is 0 Å². The molecule has 18 heavy (non-hydrogen) atoms. The SMILES string of the molecule is CCCCC(CC)(CCC(C)(C)OC)CNCC. The second kappa shape index (κ2) is 8.92. The van der Waals surface area contributed by atoms with Crippen molar-refractivity contribution in [2.75, 3.05) is 20.2 Å². The van der Waals surface area contributed by atoms with Crippen LogP contribution in [0.3, 0.4) is 0 Å². The fourth-order valence-corrected chi connectivity index (χ4v) is 2.39. The first-order valence-electron chi connectivity index (χ1n) is 7.71. The van der Waals surface area contributed by atoms with Crippen LogP contribution in [0.25, 0.3) is 0 Å². The van der Waals surface area contributed by atoms with Gasteiger partial charge in [0, 0.05) is 13.7 Å². The quantitative estimate of drug-likeness (QED) is 0.593. The largest absolute Gasteiger partial charge is 0.379 e. The van der Waals surface area contributed by atoms with Gasteiger partial charge in [-0.3, -0.25) is 0 Å². The lowest BCUT2D eigenvalue weighted by Gasteiger charge is -2.36. The van der Waals surface area contributed by atoms with E-state index in [1.807, 2.05) is 7.11 Å². The molecule has 0 radical (unpaired) electrons. The lowest BCUT2D eigenvalue weighted by atomic mass is 9.74. The summed E-state index contributed by atoms with van der Waals surface area (Å²) < 4.78 is 5.57. The van der Waals surface area contributed by atoms with Gasteiger partial charge in [-0.15, -0.1) is 0 Å².